The molecule has 72 valence electrons. The molecular weight excluding hydrogens is 179 g/mol. The number of ether oxygens (including phenoxy) is 1. The maximum Gasteiger partial charge on any atom is 0.362 e. The van der Waals surface area contributed by atoms with Crippen molar-refractivity contribution in [1.82, 2.24) is 5.43 Å². The molecule has 5 nitrogen and oxygen atoms in total. The van der Waals surface area contributed by atoms with Crippen LogP contribution in [0.4, 0.5) is 4.39 Å². The molecule has 6 heteroatoms. The van der Waals surface area contributed by atoms with Gasteiger partial charge in [0.2, 0.25) is 5.71 Å². The molecule has 1 rings (SSSR count). The van der Waals surface area contributed by atoms with E-state index in [1.165, 1.54) is 0 Å². The molecule has 0 radical (unpaired) electrons. The molecule has 1 aliphatic rings. The first-order valence-corrected chi connectivity index (χ1v) is 3.82. The number of carbonyl (C=O) groups is 2. The Bertz CT molecular complexity index is 264. The molecule has 0 amide bonds. The maximum absolute atomic E-state index is 12.5. The lowest BCUT2D eigenvalue weighted by atomic mass is 10.1. The number of hydrazone groups is 1. The SMILES string of the molecule is CCOC(=O)C1=NNC(F)CC1=O. The van der Waals surface area contributed by atoms with Crippen molar-refractivity contribution in [2.45, 2.75) is 19.6 Å². The summed E-state index contributed by atoms with van der Waals surface area (Å²) in [5, 5.41) is 3.28. The monoisotopic (exact) mass is 188 g/mol. The predicted molar refractivity (Wildman–Crippen MR) is 41.7 cm³/mol. The zero-order chi connectivity index (χ0) is 9.84. The van der Waals surface area contributed by atoms with Gasteiger partial charge in [-0.1, -0.05) is 0 Å². The number of nitrogens with zero attached hydrogens (tertiary/aromatic N) is 1. The van der Waals surface area contributed by atoms with E-state index in [1.54, 1.807) is 6.92 Å². The highest BCUT2D eigenvalue weighted by molar-refractivity contribution is 6.64. The Labute approximate surface area is 73.9 Å². The van der Waals surface area contributed by atoms with Crippen LogP contribution < -0.4 is 5.43 Å². The Balaban J connectivity index is 2.69. The second kappa shape index (κ2) is 3.97. The van der Waals surface area contributed by atoms with Crippen LogP contribution in [0.2, 0.25) is 0 Å². The van der Waals surface area contributed by atoms with E-state index in [-0.39, 0.29) is 18.7 Å². The zero-order valence-corrected chi connectivity index (χ0v) is 7.04. The summed E-state index contributed by atoms with van der Waals surface area (Å²) in [5.41, 5.74) is 1.64. The van der Waals surface area contributed by atoms with Gasteiger partial charge in [0.05, 0.1) is 13.0 Å². The van der Waals surface area contributed by atoms with Crippen LogP contribution in [-0.2, 0) is 14.3 Å². The highest BCUT2D eigenvalue weighted by atomic mass is 19.1. The third kappa shape index (κ3) is 2.24. The molecule has 1 unspecified atom stereocenters. The molecule has 0 aromatic rings. The van der Waals surface area contributed by atoms with Gasteiger partial charge in [-0.3, -0.25) is 10.2 Å². The van der Waals surface area contributed by atoms with Crippen molar-refractivity contribution in [2.24, 2.45) is 5.10 Å². The smallest absolute Gasteiger partial charge is 0.362 e. The van der Waals surface area contributed by atoms with Crippen molar-refractivity contribution in [3.05, 3.63) is 0 Å². The standard InChI is InChI=1S/C7H9FN2O3/c1-2-13-7(12)6-4(11)3-5(8)9-10-6/h5,9H,2-3H2,1H3. The number of nitrogens with one attached hydrogen (secondary N) is 1. The fourth-order valence-electron chi connectivity index (χ4n) is 0.861. The average Bonchev–Trinajstić information content (AvgIpc) is 2.04. The fraction of sp³-hybridized carbons (Fsp3) is 0.571. The number of hydrogen-bond acceptors (Lipinski definition) is 5. The van der Waals surface area contributed by atoms with E-state index in [9.17, 15) is 14.0 Å². The summed E-state index contributed by atoms with van der Waals surface area (Å²) in [6.07, 6.45) is -1.89. The number of rotatable bonds is 2. The Morgan fingerprint density at radius 2 is 2.54 bits per heavy atom. The Kier molecular flexibility index (Phi) is 2.94. The second-order valence-corrected chi connectivity index (χ2v) is 2.40. The molecule has 0 fully saturated rings. The van der Waals surface area contributed by atoms with Gasteiger partial charge in [-0.25, -0.2) is 9.18 Å². The number of halogens is 1. The van der Waals surface area contributed by atoms with Gasteiger partial charge in [-0.05, 0) is 6.92 Å². The average molecular weight is 188 g/mol. The Hall–Kier alpha value is -1.46. The first-order valence-electron chi connectivity index (χ1n) is 3.82. The molecule has 1 aliphatic heterocycles. The highest BCUT2D eigenvalue weighted by Crippen LogP contribution is 2.03. The van der Waals surface area contributed by atoms with Gasteiger partial charge in [0.25, 0.3) is 0 Å². The van der Waals surface area contributed by atoms with Crippen LogP contribution in [0.5, 0.6) is 0 Å². The predicted octanol–water partition coefficient (Wildman–Crippen LogP) is -0.237. The van der Waals surface area contributed by atoms with E-state index in [1.807, 2.05) is 5.43 Å². The van der Waals surface area contributed by atoms with E-state index in [0.29, 0.717) is 0 Å². The lowest BCUT2D eigenvalue weighted by molar-refractivity contribution is -0.136. The molecule has 1 N–H and O–H groups in total. The first-order chi connectivity index (χ1) is 6.15. The number of esters is 1. The van der Waals surface area contributed by atoms with Crippen molar-refractivity contribution in [1.29, 1.82) is 0 Å². The van der Waals surface area contributed by atoms with Crippen LogP contribution >= 0.6 is 0 Å². The molecule has 1 atom stereocenters. The Morgan fingerprint density at radius 1 is 1.85 bits per heavy atom. The van der Waals surface area contributed by atoms with E-state index in [2.05, 4.69) is 9.84 Å². The largest absolute Gasteiger partial charge is 0.461 e. The molecule has 13 heavy (non-hydrogen) atoms. The van der Waals surface area contributed by atoms with Crippen molar-refractivity contribution in [3.8, 4) is 0 Å². The van der Waals surface area contributed by atoms with Gasteiger partial charge in [0.1, 0.15) is 0 Å². The third-order valence-corrected chi connectivity index (χ3v) is 1.41. The van der Waals surface area contributed by atoms with E-state index >= 15 is 0 Å². The topological polar surface area (TPSA) is 67.8 Å². The van der Waals surface area contributed by atoms with Crippen LogP contribution in [0.15, 0.2) is 5.10 Å². The Morgan fingerprint density at radius 3 is 3.08 bits per heavy atom. The lowest BCUT2D eigenvalue weighted by Gasteiger charge is -2.13. The highest BCUT2D eigenvalue weighted by Gasteiger charge is 2.28. The van der Waals surface area contributed by atoms with E-state index < -0.39 is 18.0 Å². The summed E-state index contributed by atoms with van der Waals surface area (Å²) < 4.78 is 17.0. The summed E-state index contributed by atoms with van der Waals surface area (Å²) in [6, 6.07) is 0. The normalized spacial score (nSPS) is 21.8. The molecule has 0 saturated carbocycles. The van der Waals surface area contributed by atoms with Crippen LogP contribution in [-0.4, -0.2) is 30.4 Å². The van der Waals surface area contributed by atoms with Gasteiger partial charge in [0, 0.05) is 0 Å². The number of alkyl halides is 1. The zero-order valence-electron chi connectivity index (χ0n) is 7.04. The first kappa shape index (κ1) is 9.63. The molecule has 0 aromatic carbocycles. The molecule has 1 heterocycles. The van der Waals surface area contributed by atoms with Gasteiger partial charge in [0.15, 0.2) is 12.1 Å². The molecule has 0 saturated heterocycles. The lowest BCUT2D eigenvalue weighted by Crippen LogP contribution is -2.38. The van der Waals surface area contributed by atoms with E-state index in [4.69, 9.17) is 0 Å². The van der Waals surface area contributed by atoms with Crippen LogP contribution in [0, 0.1) is 0 Å². The summed E-state index contributed by atoms with van der Waals surface area (Å²) >= 11 is 0. The minimum atomic E-state index is -1.51. The number of ketones is 1. The van der Waals surface area contributed by atoms with E-state index in [0.717, 1.165) is 0 Å². The van der Waals surface area contributed by atoms with Crippen LogP contribution in [0.25, 0.3) is 0 Å². The summed E-state index contributed by atoms with van der Waals surface area (Å²) in [4.78, 5) is 22.0. The second-order valence-electron chi connectivity index (χ2n) is 2.40. The maximum atomic E-state index is 12.5. The van der Waals surface area contributed by atoms with Gasteiger partial charge in [-0.2, -0.15) is 5.10 Å². The van der Waals surface area contributed by atoms with Crippen molar-refractivity contribution < 1.29 is 18.7 Å². The van der Waals surface area contributed by atoms with Crippen LogP contribution in [0.3, 0.4) is 0 Å². The van der Waals surface area contributed by atoms with Crippen LogP contribution in [0.1, 0.15) is 13.3 Å². The number of hydrogen-bond donors (Lipinski definition) is 1. The summed E-state index contributed by atoms with van der Waals surface area (Å²) in [6.45, 7) is 1.77. The quantitative estimate of drug-likeness (QED) is 0.480. The van der Waals surface area contributed by atoms with Gasteiger partial charge < -0.3 is 4.74 Å². The fourth-order valence-corrected chi connectivity index (χ4v) is 0.861. The third-order valence-electron chi connectivity index (χ3n) is 1.41. The number of Topliss-reactive ketones (excluding diaryl/α,β-unsaturated/α-hetero) is 1. The summed E-state index contributed by atoms with van der Waals surface area (Å²) in [5.74, 6) is -1.45. The van der Waals surface area contributed by atoms with Crippen molar-refractivity contribution in [2.75, 3.05) is 6.61 Å². The van der Waals surface area contributed by atoms with Crippen molar-refractivity contribution in [3.63, 3.8) is 0 Å². The van der Waals surface area contributed by atoms with Gasteiger partial charge >= 0.3 is 5.97 Å². The molecule has 0 aromatic heterocycles. The minimum absolute atomic E-state index is 0.157. The molecule has 0 spiro atoms. The molecule has 0 bridgehead atoms. The minimum Gasteiger partial charge on any atom is -0.461 e. The molecule has 0 aliphatic carbocycles. The number of carbonyl (C=O) groups excluding carboxylic acids is 2. The molecular formula is C7H9FN2O3. The van der Waals surface area contributed by atoms with Gasteiger partial charge in [-0.15, -0.1) is 0 Å². The summed E-state index contributed by atoms with van der Waals surface area (Å²) in [7, 11) is 0. The van der Waals surface area contributed by atoms with Crippen molar-refractivity contribution >= 4 is 17.5 Å².